The van der Waals surface area contributed by atoms with E-state index in [0.717, 1.165) is 45.1 Å². The van der Waals surface area contributed by atoms with Crippen molar-refractivity contribution in [1.82, 2.24) is 16.0 Å². The van der Waals surface area contributed by atoms with Gasteiger partial charge in [0.2, 0.25) is 0 Å². The molecule has 0 radical (unpaired) electrons. The van der Waals surface area contributed by atoms with E-state index < -0.39 is 0 Å². The van der Waals surface area contributed by atoms with Gasteiger partial charge in [0.25, 0.3) is 0 Å². The molecule has 0 saturated carbocycles. The largest absolute Gasteiger partial charge is 0.355 e. The van der Waals surface area contributed by atoms with E-state index in [4.69, 9.17) is 0 Å². The van der Waals surface area contributed by atoms with E-state index in [1.165, 1.54) is 5.57 Å². The van der Waals surface area contributed by atoms with Crippen molar-refractivity contribution in [3.05, 3.63) is 11.6 Å². The molecule has 3 N–H and O–H groups in total. The zero-order chi connectivity index (χ0) is 8.93. The van der Waals surface area contributed by atoms with Crippen molar-refractivity contribution in [2.24, 2.45) is 4.99 Å². The molecule has 13 heavy (non-hydrogen) atoms. The van der Waals surface area contributed by atoms with Crippen molar-refractivity contribution in [3.8, 4) is 0 Å². The Morgan fingerprint density at radius 3 is 3.15 bits per heavy atom. The van der Waals surface area contributed by atoms with Crippen molar-refractivity contribution in [3.63, 3.8) is 0 Å². The van der Waals surface area contributed by atoms with Crippen LogP contribution in [0.15, 0.2) is 16.6 Å². The second kappa shape index (κ2) is 4.28. The van der Waals surface area contributed by atoms with Crippen LogP contribution in [0, 0.1) is 0 Å². The molecule has 0 bridgehead atoms. The van der Waals surface area contributed by atoms with Crippen LogP contribution in [0.4, 0.5) is 0 Å². The van der Waals surface area contributed by atoms with Crippen molar-refractivity contribution in [2.75, 3.05) is 32.7 Å². The van der Waals surface area contributed by atoms with Crippen molar-refractivity contribution < 1.29 is 0 Å². The van der Waals surface area contributed by atoms with E-state index >= 15 is 0 Å². The summed E-state index contributed by atoms with van der Waals surface area (Å²) in [5.74, 6) is 0.958. The Kier molecular flexibility index (Phi) is 2.82. The van der Waals surface area contributed by atoms with Crippen LogP contribution in [0.5, 0.6) is 0 Å². The first-order valence-electron chi connectivity index (χ1n) is 4.86. The van der Waals surface area contributed by atoms with E-state index in [-0.39, 0.29) is 0 Å². The lowest BCUT2D eigenvalue weighted by atomic mass is 10.1. The number of hydrogen-bond acceptors (Lipinski definition) is 4. The van der Waals surface area contributed by atoms with Crippen molar-refractivity contribution >= 4 is 5.96 Å². The highest BCUT2D eigenvalue weighted by Crippen LogP contribution is 2.01. The molecule has 0 aromatic rings. The smallest absolute Gasteiger partial charge is 0.191 e. The highest BCUT2D eigenvalue weighted by atomic mass is 15.2. The minimum atomic E-state index is 0.906. The van der Waals surface area contributed by atoms with E-state index in [2.05, 4.69) is 27.0 Å². The highest BCUT2D eigenvalue weighted by Gasteiger charge is 2.06. The standard InChI is InChI=1S/C9H16N4/c1-3-10-4-2-8(1)7-13-9-11-5-6-12-9/h1,10H,2-7H2,(H2,11,12,13). The second-order valence-electron chi connectivity index (χ2n) is 3.33. The molecule has 4 heteroatoms. The minimum absolute atomic E-state index is 0.906. The van der Waals surface area contributed by atoms with E-state index in [9.17, 15) is 0 Å². The van der Waals surface area contributed by atoms with Gasteiger partial charge >= 0.3 is 0 Å². The molecule has 0 fully saturated rings. The zero-order valence-electron chi connectivity index (χ0n) is 7.77. The molecule has 0 saturated heterocycles. The first kappa shape index (κ1) is 8.56. The molecule has 0 aromatic carbocycles. The van der Waals surface area contributed by atoms with Crippen LogP contribution in [0.2, 0.25) is 0 Å². The summed E-state index contributed by atoms with van der Waals surface area (Å²) in [6.07, 6.45) is 3.41. The average molecular weight is 180 g/mol. The summed E-state index contributed by atoms with van der Waals surface area (Å²) in [6.45, 7) is 4.93. The van der Waals surface area contributed by atoms with Gasteiger partial charge in [-0.2, -0.15) is 0 Å². The van der Waals surface area contributed by atoms with Gasteiger partial charge in [-0.15, -0.1) is 0 Å². The molecular formula is C9H16N4. The maximum atomic E-state index is 4.27. The summed E-state index contributed by atoms with van der Waals surface area (Å²) in [5, 5.41) is 9.78. The second-order valence-corrected chi connectivity index (χ2v) is 3.33. The molecule has 72 valence electrons. The van der Waals surface area contributed by atoms with Gasteiger partial charge in [-0.25, -0.2) is 0 Å². The predicted molar refractivity (Wildman–Crippen MR) is 53.9 cm³/mol. The number of aliphatic imine (C=N–C) groups is 1. The summed E-state index contributed by atoms with van der Waals surface area (Å²) in [7, 11) is 0. The molecule has 0 spiro atoms. The third kappa shape index (κ3) is 2.45. The minimum Gasteiger partial charge on any atom is -0.355 e. The lowest BCUT2D eigenvalue weighted by molar-refractivity contribution is 0.685. The van der Waals surface area contributed by atoms with Crippen LogP contribution in [0.25, 0.3) is 0 Å². The van der Waals surface area contributed by atoms with E-state index in [0.29, 0.717) is 0 Å². The quantitative estimate of drug-likeness (QED) is 0.500. The third-order valence-corrected chi connectivity index (χ3v) is 2.32. The van der Waals surface area contributed by atoms with Crippen LogP contribution in [0.3, 0.4) is 0 Å². The van der Waals surface area contributed by atoms with Gasteiger partial charge in [-0.05, 0) is 13.0 Å². The van der Waals surface area contributed by atoms with Gasteiger partial charge in [0.1, 0.15) is 0 Å². The Balaban J connectivity index is 1.74. The van der Waals surface area contributed by atoms with Gasteiger partial charge < -0.3 is 16.0 Å². The topological polar surface area (TPSA) is 48.5 Å². The van der Waals surface area contributed by atoms with Crippen LogP contribution in [-0.4, -0.2) is 38.7 Å². The molecule has 4 nitrogen and oxygen atoms in total. The van der Waals surface area contributed by atoms with Gasteiger partial charge in [0.05, 0.1) is 6.54 Å². The Bertz CT molecular complexity index is 232. The van der Waals surface area contributed by atoms with Crippen LogP contribution >= 0.6 is 0 Å². The molecule has 0 atom stereocenters. The maximum Gasteiger partial charge on any atom is 0.191 e. The van der Waals surface area contributed by atoms with Gasteiger partial charge in [0.15, 0.2) is 5.96 Å². The van der Waals surface area contributed by atoms with Crippen molar-refractivity contribution in [2.45, 2.75) is 6.42 Å². The molecule has 2 aliphatic heterocycles. The van der Waals surface area contributed by atoms with Gasteiger partial charge in [-0.3, -0.25) is 4.99 Å². The first-order valence-corrected chi connectivity index (χ1v) is 4.86. The number of nitrogens with zero attached hydrogens (tertiary/aromatic N) is 1. The molecule has 2 aliphatic rings. The van der Waals surface area contributed by atoms with Crippen LogP contribution < -0.4 is 16.0 Å². The Morgan fingerprint density at radius 1 is 1.46 bits per heavy atom. The molecular weight excluding hydrogens is 164 g/mol. The number of guanidine groups is 1. The average Bonchev–Trinajstić information content (AvgIpc) is 2.69. The zero-order valence-corrected chi connectivity index (χ0v) is 7.77. The fraction of sp³-hybridized carbons (Fsp3) is 0.667. The fourth-order valence-electron chi connectivity index (χ4n) is 1.54. The molecule has 0 unspecified atom stereocenters. The Morgan fingerprint density at radius 2 is 2.46 bits per heavy atom. The number of nitrogens with one attached hydrogen (secondary N) is 3. The summed E-state index contributed by atoms with van der Waals surface area (Å²) in [6, 6.07) is 0. The molecule has 0 aromatic heterocycles. The molecule has 0 aliphatic carbocycles. The number of hydrogen-bond donors (Lipinski definition) is 3. The maximum absolute atomic E-state index is 4.27. The highest BCUT2D eigenvalue weighted by molar-refractivity contribution is 5.81. The summed E-state index contributed by atoms with van der Waals surface area (Å²) < 4.78 is 0. The summed E-state index contributed by atoms with van der Waals surface area (Å²) >= 11 is 0. The lowest BCUT2D eigenvalue weighted by Crippen LogP contribution is -2.36. The lowest BCUT2D eigenvalue weighted by Gasteiger charge is -2.15. The first-order chi connectivity index (χ1) is 6.45. The summed E-state index contributed by atoms with van der Waals surface area (Å²) in [5.41, 5.74) is 1.48. The predicted octanol–water partition coefficient (Wildman–Crippen LogP) is -0.545. The Labute approximate surface area is 78.5 Å². The fourth-order valence-corrected chi connectivity index (χ4v) is 1.54. The summed E-state index contributed by atoms with van der Waals surface area (Å²) in [4.78, 5) is 4.27. The van der Waals surface area contributed by atoms with Crippen molar-refractivity contribution in [1.29, 1.82) is 0 Å². The van der Waals surface area contributed by atoms with E-state index in [1.54, 1.807) is 0 Å². The monoisotopic (exact) mass is 180 g/mol. The molecule has 2 rings (SSSR count). The Hall–Kier alpha value is -1.03. The normalized spacial score (nSPS) is 21.8. The SMILES string of the molecule is C1=C(CNC2=NCCN2)CCNC1. The van der Waals surface area contributed by atoms with E-state index in [1.807, 2.05) is 0 Å². The van der Waals surface area contributed by atoms with Crippen LogP contribution in [0.1, 0.15) is 6.42 Å². The third-order valence-electron chi connectivity index (χ3n) is 2.32. The number of rotatable bonds is 2. The van der Waals surface area contributed by atoms with Gasteiger partial charge in [0, 0.05) is 19.6 Å². The molecule has 0 amide bonds. The molecule has 2 heterocycles. The van der Waals surface area contributed by atoms with Crippen LogP contribution in [-0.2, 0) is 0 Å². The van der Waals surface area contributed by atoms with Gasteiger partial charge in [-0.1, -0.05) is 11.6 Å².